The van der Waals surface area contributed by atoms with Crippen molar-refractivity contribution in [3.05, 3.63) is 81.8 Å². The fourth-order valence-corrected chi connectivity index (χ4v) is 2.80. The van der Waals surface area contributed by atoms with Crippen molar-refractivity contribution in [1.82, 2.24) is 9.88 Å². The van der Waals surface area contributed by atoms with Crippen molar-refractivity contribution >= 4 is 16.7 Å². The van der Waals surface area contributed by atoms with Gasteiger partial charge in [-0.15, -0.1) is 0 Å². The number of nitrogens with zero attached hydrogens (tertiary/aromatic N) is 1. The molecule has 1 aromatic heterocycles. The van der Waals surface area contributed by atoms with E-state index in [0.29, 0.717) is 0 Å². The molecule has 0 bridgehead atoms. The summed E-state index contributed by atoms with van der Waals surface area (Å²) in [5, 5.41) is 2.30. The molecule has 0 aliphatic heterocycles. The fourth-order valence-electron chi connectivity index (χ4n) is 2.80. The zero-order chi connectivity index (χ0) is 17.3. The molecule has 3 rings (SSSR count). The molecule has 0 saturated carbocycles. The lowest BCUT2D eigenvalue weighted by Gasteiger charge is -2.25. The van der Waals surface area contributed by atoms with Gasteiger partial charge < -0.3 is 9.88 Å². The van der Waals surface area contributed by atoms with E-state index in [2.05, 4.69) is 29.2 Å². The van der Waals surface area contributed by atoms with Crippen LogP contribution in [0.4, 0.5) is 0 Å². The molecule has 0 saturated heterocycles. The summed E-state index contributed by atoms with van der Waals surface area (Å²) in [4.78, 5) is 29.0. The van der Waals surface area contributed by atoms with E-state index < -0.39 is 0 Å². The van der Waals surface area contributed by atoms with Gasteiger partial charge in [-0.1, -0.05) is 36.4 Å². The number of benzene rings is 2. The summed E-state index contributed by atoms with van der Waals surface area (Å²) in [7, 11) is 1.72. The van der Waals surface area contributed by atoms with Crippen molar-refractivity contribution in [2.75, 3.05) is 7.05 Å². The Morgan fingerprint density at radius 3 is 2.46 bits per heavy atom. The molecular weight excluding hydrogens is 300 g/mol. The van der Waals surface area contributed by atoms with Gasteiger partial charge in [0.05, 0.1) is 6.04 Å². The minimum absolute atomic E-state index is 0.136. The molecule has 0 radical (unpaired) electrons. The van der Waals surface area contributed by atoms with E-state index >= 15 is 0 Å². The van der Waals surface area contributed by atoms with Gasteiger partial charge in [-0.2, -0.15) is 0 Å². The first kappa shape index (κ1) is 16.0. The molecule has 0 aliphatic rings. The number of aromatic amines is 1. The monoisotopic (exact) mass is 320 g/mol. The number of aromatic nitrogens is 1. The molecule has 1 N–H and O–H groups in total. The van der Waals surface area contributed by atoms with E-state index in [-0.39, 0.29) is 23.1 Å². The molecule has 0 aliphatic carbocycles. The molecule has 3 aromatic rings. The highest BCUT2D eigenvalue weighted by molar-refractivity contribution is 5.94. The average Bonchev–Trinajstić information content (AvgIpc) is 2.59. The Labute approximate surface area is 140 Å². The zero-order valence-corrected chi connectivity index (χ0v) is 14.0. The summed E-state index contributed by atoms with van der Waals surface area (Å²) in [5.74, 6) is -0.281. The van der Waals surface area contributed by atoms with Crippen molar-refractivity contribution < 1.29 is 4.79 Å². The van der Waals surface area contributed by atoms with E-state index in [4.69, 9.17) is 0 Å². The van der Waals surface area contributed by atoms with Gasteiger partial charge in [0.15, 0.2) is 0 Å². The Morgan fingerprint density at radius 1 is 1.04 bits per heavy atom. The van der Waals surface area contributed by atoms with Crippen LogP contribution in [0.5, 0.6) is 0 Å². The van der Waals surface area contributed by atoms with Gasteiger partial charge in [-0.05, 0) is 48.4 Å². The maximum absolute atomic E-state index is 12.7. The lowest BCUT2D eigenvalue weighted by molar-refractivity contribution is 0.0741. The molecular formula is C20H20N2O2. The second kappa shape index (κ2) is 6.32. The maximum atomic E-state index is 12.7. The molecule has 1 unspecified atom stereocenters. The third-order valence-corrected chi connectivity index (χ3v) is 4.44. The number of aryl methyl sites for hydroxylation is 1. The Hall–Kier alpha value is -2.88. The average molecular weight is 320 g/mol. The fraction of sp³-hybridized carbons (Fsp3) is 0.200. The smallest absolute Gasteiger partial charge is 0.260 e. The molecule has 122 valence electrons. The van der Waals surface area contributed by atoms with Crippen LogP contribution in [-0.4, -0.2) is 22.8 Å². The first-order chi connectivity index (χ1) is 11.5. The summed E-state index contributed by atoms with van der Waals surface area (Å²) in [6.07, 6.45) is 0. The number of fused-ring (bicyclic) bond motifs is 1. The quantitative estimate of drug-likeness (QED) is 0.800. The van der Waals surface area contributed by atoms with Gasteiger partial charge in [0, 0.05) is 12.7 Å². The van der Waals surface area contributed by atoms with Gasteiger partial charge in [0.1, 0.15) is 5.56 Å². The van der Waals surface area contributed by atoms with Gasteiger partial charge >= 0.3 is 0 Å². The van der Waals surface area contributed by atoms with Crippen molar-refractivity contribution in [3.8, 4) is 0 Å². The van der Waals surface area contributed by atoms with E-state index in [0.717, 1.165) is 22.0 Å². The molecule has 24 heavy (non-hydrogen) atoms. The van der Waals surface area contributed by atoms with Crippen molar-refractivity contribution in [2.45, 2.75) is 19.9 Å². The van der Waals surface area contributed by atoms with Gasteiger partial charge in [0.25, 0.3) is 11.5 Å². The second-order valence-corrected chi connectivity index (χ2v) is 6.08. The van der Waals surface area contributed by atoms with Gasteiger partial charge in [-0.25, -0.2) is 0 Å². The maximum Gasteiger partial charge on any atom is 0.260 e. The highest BCUT2D eigenvalue weighted by Gasteiger charge is 2.21. The lowest BCUT2D eigenvalue weighted by atomic mass is 10.0. The van der Waals surface area contributed by atoms with E-state index in [1.54, 1.807) is 31.0 Å². The van der Waals surface area contributed by atoms with Crippen LogP contribution in [-0.2, 0) is 0 Å². The first-order valence-electron chi connectivity index (χ1n) is 7.93. The van der Waals surface area contributed by atoms with Crippen molar-refractivity contribution in [3.63, 3.8) is 0 Å². The van der Waals surface area contributed by atoms with Crippen LogP contribution in [0.3, 0.4) is 0 Å². The summed E-state index contributed by atoms with van der Waals surface area (Å²) >= 11 is 0. The minimum Gasteiger partial charge on any atom is -0.335 e. The van der Waals surface area contributed by atoms with Crippen LogP contribution in [0.15, 0.2) is 59.4 Å². The Kier molecular flexibility index (Phi) is 4.21. The number of pyridine rings is 1. The van der Waals surface area contributed by atoms with E-state index in [1.165, 1.54) is 0 Å². The van der Waals surface area contributed by atoms with Crippen molar-refractivity contribution in [1.29, 1.82) is 0 Å². The zero-order valence-electron chi connectivity index (χ0n) is 14.0. The van der Waals surface area contributed by atoms with Gasteiger partial charge in [0.2, 0.25) is 0 Å². The van der Waals surface area contributed by atoms with E-state index in [1.807, 2.05) is 25.1 Å². The topological polar surface area (TPSA) is 53.2 Å². The van der Waals surface area contributed by atoms with E-state index in [9.17, 15) is 9.59 Å². The molecule has 0 fully saturated rings. The third kappa shape index (κ3) is 2.95. The van der Waals surface area contributed by atoms with Crippen LogP contribution in [0.2, 0.25) is 0 Å². The summed E-state index contributed by atoms with van der Waals surface area (Å²) < 4.78 is 0. The molecule has 1 amide bonds. The highest BCUT2D eigenvalue weighted by atomic mass is 16.2. The number of nitrogens with one attached hydrogen (secondary N) is 1. The van der Waals surface area contributed by atoms with Crippen molar-refractivity contribution in [2.24, 2.45) is 0 Å². The Morgan fingerprint density at radius 2 is 1.75 bits per heavy atom. The van der Waals surface area contributed by atoms with Crippen LogP contribution in [0.1, 0.15) is 34.6 Å². The predicted molar refractivity (Wildman–Crippen MR) is 96.3 cm³/mol. The standard InChI is InChI=1S/C20H20N2O2/c1-13-8-11-18(19(23)21-13)20(24)22(3)14(2)16-10-9-15-6-4-5-7-17(15)12-16/h4-12,14H,1-3H3,(H,21,23). The van der Waals surface area contributed by atoms with Gasteiger partial charge in [-0.3, -0.25) is 9.59 Å². The number of amides is 1. The third-order valence-electron chi connectivity index (χ3n) is 4.44. The normalized spacial score (nSPS) is 12.1. The lowest BCUT2D eigenvalue weighted by Crippen LogP contribution is -2.33. The molecule has 1 heterocycles. The Balaban J connectivity index is 1.91. The highest BCUT2D eigenvalue weighted by Crippen LogP contribution is 2.24. The molecule has 2 aromatic carbocycles. The molecule has 1 atom stereocenters. The minimum atomic E-state index is -0.349. The van der Waals surface area contributed by atoms with Crippen LogP contribution in [0, 0.1) is 6.92 Å². The first-order valence-corrected chi connectivity index (χ1v) is 7.93. The summed E-state index contributed by atoms with van der Waals surface area (Å²) in [6.45, 7) is 3.75. The van der Waals surface area contributed by atoms with Crippen LogP contribution >= 0.6 is 0 Å². The second-order valence-electron chi connectivity index (χ2n) is 6.08. The number of carbonyl (C=O) groups excluding carboxylic acids is 1. The number of rotatable bonds is 3. The number of carbonyl (C=O) groups is 1. The summed E-state index contributed by atoms with van der Waals surface area (Å²) in [6, 6.07) is 17.5. The molecule has 4 nitrogen and oxygen atoms in total. The Bertz CT molecular complexity index is 959. The molecule has 4 heteroatoms. The van der Waals surface area contributed by atoms with Crippen LogP contribution < -0.4 is 5.56 Å². The largest absolute Gasteiger partial charge is 0.335 e. The number of hydrogen-bond acceptors (Lipinski definition) is 2. The predicted octanol–water partition coefficient (Wildman–Crippen LogP) is 3.67. The SMILES string of the molecule is Cc1ccc(C(=O)N(C)C(C)c2ccc3ccccc3c2)c(=O)[nH]1. The molecule has 0 spiro atoms. The number of hydrogen-bond donors (Lipinski definition) is 1. The summed E-state index contributed by atoms with van der Waals surface area (Å²) in [5.41, 5.74) is 1.59. The number of H-pyrrole nitrogens is 1. The van der Waals surface area contributed by atoms with Crippen LogP contribution in [0.25, 0.3) is 10.8 Å².